The molecule has 2 aromatic heterocycles. The van der Waals surface area contributed by atoms with E-state index in [0.29, 0.717) is 12.2 Å². The molecule has 1 saturated carbocycles. The second-order valence-electron chi connectivity index (χ2n) is 6.85. The van der Waals surface area contributed by atoms with Crippen molar-refractivity contribution in [1.29, 1.82) is 0 Å². The fourth-order valence-electron chi connectivity index (χ4n) is 3.51. The topological polar surface area (TPSA) is 116 Å². The zero-order chi connectivity index (χ0) is 18.6. The van der Waals surface area contributed by atoms with E-state index < -0.39 is 0 Å². The van der Waals surface area contributed by atoms with Crippen molar-refractivity contribution in [2.24, 2.45) is 7.05 Å². The summed E-state index contributed by atoms with van der Waals surface area (Å²) in [6.45, 7) is 4.49. The molecule has 0 spiro atoms. The van der Waals surface area contributed by atoms with Gasteiger partial charge in [0, 0.05) is 26.2 Å². The van der Waals surface area contributed by atoms with E-state index in [2.05, 4.69) is 25.4 Å². The van der Waals surface area contributed by atoms with Gasteiger partial charge in [-0.15, -0.1) is 10.2 Å². The molecule has 2 aromatic rings. The molecule has 148 valence electrons. The Balaban J connectivity index is 1.46. The number of hydrogen-bond acceptors (Lipinski definition) is 8. The van der Waals surface area contributed by atoms with Gasteiger partial charge in [0.1, 0.15) is 0 Å². The highest BCUT2D eigenvalue weighted by atomic mass is 16.8. The summed E-state index contributed by atoms with van der Waals surface area (Å²) in [7, 11) is 1.63. The van der Waals surface area contributed by atoms with Crippen LogP contribution in [0.5, 0.6) is 0 Å². The summed E-state index contributed by atoms with van der Waals surface area (Å²) in [6.07, 6.45) is 4.32. The minimum atomic E-state index is -0.372. The summed E-state index contributed by atoms with van der Waals surface area (Å²) in [4.78, 5) is 20.1. The van der Waals surface area contributed by atoms with Crippen LogP contribution in [0.3, 0.4) is 0 Å². The molecule has 11 heteroatoms. The number of amides is 1. The van der Waals surface area contributed by atoms with Crippen LogP contribution in [-0.4, -0.2) is 75.0 Å². The van der Waals surface area contributed by atoms with E-state index in [-0.39, 0.29) is 23.5 Å². The molecule has 0 atom stereocenters. The number of morpholine rings is 1. The van der Waals surface area contributed by atoms with Gasteiger partial charge in [0.15, 0.2) is 0 Å². The molecule has 3 heterocycles. The highest BCUT2D eigenvalue weighted by Gasteiger charge is 2.23. The maximum atomic E-state index is 12.4. The zero-order valence-electron chi connectivity index (χ0n) is 15.5. The molecular weight excluding hydrogens is 354 g/mol. The van der Waals surface area contributed by atoms with Crippen LogP contribution in [0.2, 0.25) is 0 Å². The van der Waals surface area contributed by atoms with Crippen molar-refractivity contribution in [1.82, 2.24) is 35.1 Å². The van der Waals surface area contributed by atoms with E-state index in [4.69, 9.17) is 13.9 Å². The van der Waals surface area contributed by atoms with Crippen LogP contribution in [0.25, 0.3) is 11.4 Å². The summed E-state index contributed by atoms with van der Waals surface area (Å²) in [5.74, 6) is -0.388. The maximum Gasteiger partial charge on any atom is 0.300 e. The van der Waals surface area contributed by atoms with Crippen molar-refractivity contribution in [2.45, 2.75) is 31.7 Å². The molecule has 0 unspecified atom stereocenters. The predicted octanol–water partition coefficient (Wildman–Crippen LogP) is 0.652. The maximum absolute atomic E-state index is 12.4. The summed E-state index contributed by atoms with van der Waals surface area (Å²) in [5.41, 5.74) is 0.633. The number of aryl methyl sites for hydroxylation is 1. The minimum absolute atomic E-state index is 0.0163. The Morgan fingerprint density at radius 2 is 2.00 bits per heavy atom. The Kier molecular flexibility index (Phi) is 5.39. The largest absolute Gasteiger partial charge is 0.379 e. The van der Waals surface area contributed by atoms with Crippen molar-refractivity contribution in [2.75, 3.05) is 39.4 Å². The van der Waals surface area contributed by atoms with E-state index in [0.717, 1.165) is 58.5 Å². The van der Waals surface area contributed by atoms with Gasteiger partial charge in [0.25, 0.3) is 17.3 Å². The fourth-order valence-corrected chi connectivity index (χ4v) is 3.51. The van der Waals surface area contributed by atoms with Gasteiger partial charge in [0.2, 0.25) is 5.82 Å². The Labute approximate surface area is 155 Å². The predicted molar refractivity (Wildman–Crippen MR) is 93.6 cm³/mol. The van der Waals surface area contributed by atoms with E-state index >= 15 is 0 Å². The highest BCUT2D eigenvalue weighted by Crippen LogP contribution is 2.30. The average Bonchev–Trinajstić information content (AvgIpc) is 3.22. The number of nitrogens with one attached hydrogen (secondary N) is 1. The zero-order valence-corrected chi connectivity index (χ0v) is 15.5. The number of aromatic nitrogens is 5. The molecule has 1 amide bonds. The van der Waals surface area contributed by atoms with Crippen molar-refractivity contribution < 1.29 is 18.7 Å². The Bertz CT molecular complexity index is 822. The number of rotatable bonds is 5. The highest BCUT2D eigenvalue weighted by molar-refractivity contribution is 5.91. The second-order valence-corrected chi connectivity index (χ2v) is 6.85. The van der Waals surface area contributed by atoms with Gasteiger partial charge < -0.3 is 14.6 Å². The van der Waals surface area contributed by atoms with Crippen molar-refractivity contribution in [3.05, 3.63) is 5.82 Å². The molecule has 2 fully saturated rings. The molecule has 1 N–H and O–H groups in total. The van der Waals surface area contributed by atoms with Crippen LogP contribution in [0.15, 0.2) is 9.15 Å². The van der Waals surface area contributed by atoms with Crippen LogP contribution in [0.1, 0.15) is 42.3 Å². The molecule has 4 rings (SSSR count). The van der Waals surface area contributed by atoms with Crippen molar-refractivity contribution in [3.8, 4) is 0 Å². The lowest BCUT2D eigenvalue weighted by atomic mass is 10.3. The van der Waals surface area contributed by atoms with Gasteiger partial charge >= 0.3 is 0 Å². The number of carbonyl (C=O) groups is 1. The molecule has 1 aliphatic heterocycles. The summed E-state index contributed by atoms with van der Waals surface area (Å²) in [6, 6.07) is 0.208. The standard InChI is InChI=1S/C16H25N7O4/c1-21-26-16-14(23(27-21)12-4-2-3-5-12)20-19-13(18-16)15(24)17-6-7-22-8-10-25-11-9-22/h12H,2-11H2,1H3,(H,17,24). The molecule has 2 aliphatic rings. The number of nitrogens with zero attached hydrogens (tertiary/aromatic N) is 6. The summed E-state index contributed by atoms with van der Waals surface area (Å²) in [5, 5.41) is 11.0. The van der Waals surface area contributed by atoms with E-state index in [1.807, 2.05) is 0 Å². The third-order valence-corrected chi connectivity index (χ3v) is 4.94. The molecule has 1 aliphatic carbocycles. The third kappa shape index (κ3) is 4.14. The number of fused-ring (bicyclic) bond motifs is 1. The molecule has 27 heavy (non-hydrogen) atoms. The quantitative estimate of drug-likeness (QED) is 0.805. The van der Waals surface area contributed by atoms with Gasteiger partial charge in [-0.3, -0.25) is 14.3 Å². The van der Waals surface area contributed by atoms with Gasteiger partial charge in [-0.25, -0.2) is 0 Å². The fraction of sp³-hybridized carbons (Fsp3) is 0.750. The Morgan fingerprint density at radius 1 is 1.22 bits per heavy atom. The van der Waals surface area contributed by atoms with Crippen molar-refractivity contribution in [3.63, 3.8) is 0 Å². The van der Waals surface area contributed by atoms with Crippen LogP contribution in [0, 0.1) is 0 Å². The van der Waals surface area contributed by atoms with Crippen LogP contribution >= 0.6 is 0 Å². The van der Waals surface area contributed by atoms with Crippen LogP contribution < -0.4 is 5.32 Å². The number of hydrogen-bond donors (Lipinski definition) is 1. The lowest BCUT2D eigenvalue weighted by molar-refractivity contribution is -0.0165. The monoisotopic (exact) mass is 379 g/mol. The molecule has 0 aromatic carbocycles. The van der Waals surface area contributed by atoms with Crippen LogP contribution in [0.4, 0.5) is 0 Å². The SMILES string of the molecule is Cn1oc2nc(C(=O)NCCN3CCOCC3)nnc2n(C2CCCC2)o1. The Hall–Kier alpha value is -2.40. The van der Waals surface area contributed by atoms with Crippen molar-refractivity contribution >= 4 is 17.3 Å². The first kappa shape index (κ1) is 18.0. The van der Waals surface area contributed by atoms with E-state index in [9.17, 15) is 4.79 Å². The van der Waals surface area contributed by atoms with Gasteiger partial charge in [-0.1, -0.05) is 12.8 Å². The van der Waals surface area contributed by atoms with Gasteiger partial charge in [-0.2, -0.15) is 9.72 Å². The second kappa shape index (κ2) is 8.09. The smallest absolute Gasteiger partial charge is 0.300 e. The lowest BCUT2D eigenvalue weighted by Gasteiger charge is -2.26. The van der Waals surface area contributed by atoms with E-state index in [1.165, 1.54) is 4.91 Å². The first-order valence-corrected chi connectivity index (χ1v) is 9.43. The lowest BCUT2D eigenvalue weighted by Crippen LogP contribution is -2.41. The van der Waals surface area contributed by atoms with Crippen LogP contribution in [-0.2, 0) is 11.8 Å². The number of carbonyl (C=O) groups excluding carboxylic acids is 1. The average molecular weight is 379 g/mol. The number of ether oxygens (including phenoxy) is 1. The first-order chi connectivity index (χ1) is 13.2. The van der Waals surface area contributed by atoms with E-state index in [1.54, 1.807) is 11.8 Å². The normalized spacial score (nSPS) is 18.9. The molecule has 0 radical (unpaired) electrons. The summed E-state index contributed by atoms with van der Waals surface area (Å²) >= 11 is 0. The molecule has 0 bridgehead atoms. The Morgan fingerprint density at radius 3 is 2.78 bits per heavy atom. The molecular formula is C16H25N7O4. The third-order valence-electron chi connectivity index (χ3n) is 4.94. The minimum Gasteiger partial charge on any atom is -0.379 e. The molecule has 1 saturated heterocycles. The van der Waals surface area contributed by atoms with Gasteiger partial charge in [-0.05, 0) is 17.8 Å². The molecule has 11 nitrogen and oxygen atoms in total. The summed E-state index contributed by atoms with van der Waals surface area (Å²) < 4.78 is 18.1. The first-order valence-electron chi connectivity index (χ1n) is 9.43. The van der Waals surface area contributed by atoms with Gasteiger partial charge in [0.05, 0.1) is 26.3 Å².